The van der Waals surface area contributed by atoms with Gasteiger partial charge in [0.15, 0.2) is 11.5 Å². The lowest BCUT2D eigenvalue weighted by atomic mass is 9.90. The largest absolute Gasteiger partial charge is 0.496 e. The molecular weight excluding hydrogens is 264 g/mol. The van der Waals surface area contributed by atoms with Gasteiger partial charge in [-0.15, -0.1) is 6.58 Å². The molecule has 0 bridgehead atoms. The first-order valence-corrected chi connectivity index (χ1v) is 6.72. The summed E-state index contributed by atoms with van der Waals surface area (Å²) in [7, 11) is 4.88. The quantitative estimate of drug-likeness (QED) is 0.750. The van der Waals surface area contributed by atoms with Crippen molar-refractivity contribution in [3.8, 4) is 17.2 Å². The lowest BCUT2D eigenvalue weighted by Crippen LogP contribution is -2.02. The second kappa shape index (κ2) is 6.84. The minimum Gasteiger partial charge on any atom is -0.496 e. The van der Waals surface area contributed by atoms with E-state index >= 15 is 0 Å². The van der Waals surface area contributed by atoms with Crippen molar-refractivity contribution in [3.63, 3.8) is 0 Å². The van der Waals surface area contributed by atoms with Gasteiger partial charge in [-0.05, 0) is 11.6 Å². The maximum absolute atomic E-state index is 5.51. The molecule has 0 amide bonds. The van der Waals surface area contributed by atoms with Gasteiger partial charge in [0.2, 0.25) is 0 Å². The molecule has 0 saturated carbocycles. The van der Waals surface area contributed by atoms with E-state index in [9.17, 15) is 0 Å². The van der Waals surface area contributed by atoms with Gasteiger partial charge in [-0.25, -0.2) is 0 Å². The topological polar surface area (TPSA) is 27.7 Å². The van der Waals surface area contributed by atoms with E-state index in [0.717, 1.165) is 16.9 Å². The Labute approximate surface area is 125 Å². The van der Waals surface area contributed by atoms with E-state index in [4.69, 9.17) is 14.2 Å². The van der Waals surface area contributed by atoms with E-state index in [0.29, 0.717) is 11.5 Å². The SMILES string of the molecule is C=C[C@H](c1ccccc1)c1cc(OC)c(OC)cc1OC. The van der Waals surface area contributed by atoms with Crippen molar-refractivity contribution >= 4 is 0 Å². The number of benzene rings is 2. The zero-order valence-electron chi connectivity index (χ0n) is 12.6. The van der Waals surface area contributed by atoms with Crippen LogP contribution in [-0.2, 0) is 0 Å². The van der Waals surface area contributed by atoms with Crippen LogP contribution in [0.25, 0.3) is 0 Å². The summed E-state index contributed by atoms with van der Waals surface area (Å²) < 4.78 is 16.2. The van der Waals surface area contributed by atoms with Crippen LogP contribution in [0, 0.1) is 0 Å². The molecule has 1 atom stereocenters. The normalized spacial score (nSPS) is 11.6. The van der Waals surface area contributed by atoms with Gasteiger partial charge >= 0.3 is 0 Å². The van der Waals surface area contributed by atoms with E-state index in [2.05, 4.69) is 18.7 Å². The van der Waals surface area contributed by atoms with E-state index in [1.807, 2.05) is 36.4 Å². The van der Waals surface area contributed by atoms with E-state index in [1.165, 1.54) is 0 Å². The first-order valence-electron chi connectivity index (χ1n) is 6.72. The number of allylic oxidation sites excluding steroid dienone is 1. The summed E-state index contributed by atoms with van der Waals surface area (Å²) in [5.41, 5.74) is 2.15. The van der Waals surface area contributed by atoms with Gasteiger partial charge in [0.05, 0.1) is 21.3 Å². The highest BCUT2D eigenvalue weighted by Gasteiger charge is 2.19. The number of rotatable bonds is 6. The molecule has 2 rings (SSSR count). The highest BCUT2D eigenvalue weighted by Crippen LogP contribution is 2.40. The van der Waals surface area contributed by atoms with E-state index in [-0.39, 0.29) is 5.92 Å². The Bertz CT molecular complexity index is 605. The van der Waals surface area contributed by atoms with Crippen LogP contribution in [0.1, 0.15) is 17.0 Å². The molecule has 0 saturated heterocycles. The Morgan fingerprint density at radius 3 is 1.95 bits per heavy atom. The molecule has 21 heavy (non-hydrogen) atoms. The Morgan fingerprint density at radius 1 is 0.857 bits per heavy atom. The fourth-order valence-electron chi connectivity index (χ4n) is 2.40. The Balaban J connectivity index is 2.57. The number of methoxy groups -OCH3 is 3. The molecule has 2 aromatic carbocycles. The lowest BCUT2D eigenvalue weighted by Gasteiger charge is -2.19. The van der Waals surface area contributed by atoms with Crippen LogP contribution in [0.15, 0.2) is 55.1 Å². The van der Waals surface area contributed by atoms with Gasteiger partial charge in [-0.2, -0.15) is 0 Å². The van der Waals surface area contributed by atoms with Gasteiger partial charge in [-0.1, -0.05) is 36.4 Å². The zero-order valence-corrected chi connectivity index (χ0v) is 12.6. The third-order valence-corrected chi connectivity index (χ3v) is 3.47. The molecule has 0 radical (unpaired) electrons. The van der Waals surface area contributed by atoms with Crippen LogP contribution in [0.4, 0.5) is 0 Å². The molecule has 110 valence electrons. The van der Waals surface area contributed by atoms with Crippen LogP contribution >= 0.6 is 0 Å². The third kappa shape index (κ3) is 3.02. The molecule has 0 aliphatic heterocycles. The maximum Gasteiger partial charge on any atom is 0.164 e. The van der Waals surface area contributed by atoms with Crippen molar-refractivity contribution in [2.24, 2.45) is 0 Å². The minimum absolute atomic E-state index is 0.0287. The van der Waals surface area contributed by atoms with Gasteiger partial charge in [0, 0.05) is 17.5 Å². The molecule has 0 unspecified atom stereocenters. The molecule has 0 fully saturated rings. The molecule has 0 N–H and O–H groups in total. The summed E-state index contributed by atoms with van der Waals surface area (Å²) in [5, 5.41) is 0. The summed E-state index contributed by atoms with van der Waals surface area (Å²) in [6, 6.07) is 13.9. The van der Waals surface area contributed by atoms with Gasteiger partial charge in [0.1, 0.15) is 5.75 Å². The van der Waals surface area contributed by atoms with Crippen molar-refractivity contribution in [1.82, 2.24) is 0 Å². The molecule has 0 spiro atoms. The summed E-state index contributed by atoms with van der Waals surface area (Å²) >= 11 is 0. The van der Waals surface area contributed by atoms with Crippen molar-refractivity contribution in [2.45, 2.75) is 5.92 Å². The van der Waals surface area contributed by atoms with Crippen LogP contribution in [0.5, 0.6) is 17.2 Å². The predicted molar refractivity (Wildman–Crippen MR) is 84.6 cm³/mol. The van der Waals surface area contributed by atoms with Crippen LogP contribution < -0.4 is 14.2 Å². The second-order valence-electron chi connectivity index (χ2n) is 4.57. The van der Waals surface area contributed by atoms with E-state index in [1.54, 1.807) is 21.3 Å². The average Bonchev–Trinajstić information content (AvgIpc) is 2.56. The summed E-state index contributed by atoms with van der Waals surface area (Å²) in [6.07, 6.45) is 1.90. The smallest absolute Gasteiger partial charge is 0.164 e. The maximum atomic E-state index is 5.51. The Hall–Kier alpha value is -2.42. The summed E-state index contributed by atoms with van der Waals surface area (Å²) in [6.45, 7) is 3.96. The molecule has 3 heteroatoms. The van der Waals surface area contributed by atoms with Crippen LogP contribution in [0.2, 0.25) is 0 Å². The van der Waals surface area contributed by atoms with Crippen molar-refractivity contribution in [1.29, 1.82) is 0 Å². The lowest BCUT2D eigenvalue weighted by molar-refractivity contribution is 0.347. The minimum atomic E-state index is 0.0287. The first-order chi connectivity index (χ1) is 10.2. The monoisotopic (exact) mass is 284 g/mol. The predicted octanol–water partition coefficient (Wildman–Crippen LogP) is 4.03. The molecule has 3 nitrogen and oxygen atoms in total. The standard InChI is InChI=1S/C18H20O3/c1-5-14(13-9-7-6-8-10-13)15-11-17(20-3)18(21-4)12-16(15)19-2/h5-12,14H,1H2,2-4H3/t14-/m1/s1. The van der Waals surface area contributed by atoms with Gasteiger partial charge in [0.25, 0.3) is 0 Å². The molecule has 0 aliphatic rings. The fraction of sp³-hybridized carbons (Fsp3) is 0.222. The average molecular weight is 284 g/mol. The van der Waals surface area contributed by atoms with Crippen molar-refractivity contribution in [3.05, 3.63) is 66.2 Å². The van der Waals surface area contributed by atoms with Crippen molar-refractivity contribution in [2.75, 3.05) is 21.3 Å². The van der Waals surface area contributed by atoms with Crippen LogP contribution in [0.3, 0.4) is 0 Å². The van der Waals surface area contributed by atoms with Gasteiger partial charge in [-0.3, -0.25) is 0 Å². The highest BCUT2D eigenvalue weighted by molar-refractivity contribution is 5.55. The molecular formula is C18H20O3. The fourth-order valence-corrected chi connectivity index (χ4v) is 2.40. The van der Waals surface area contributed by atoms with E-state index < -0.39 is 0 Å². The first kappa shape index (κ1) is 15.0. The molecule has 0 aromatic heterocycles. The summed E-state index contributed by atoms with van der Waals surface area (Å²) in [5.74, 6) is 2.10. The highest BCUT2D eigenvalue weighted by atomic mass is 16.5. The van der Waals surface area contributed by atoms with Crippen molar-refractivity contribution < 1.29 is 14.2 Å². The number of hydrogen-bond donors (Lipinski definition) is 0. The number of ether oxygens (including phenoxy) is 3. The van der Waals surface area contributed by atoms with Gasteiger partial charge < -0.3 is 14.2 Å². The third-order valence-electron chi connectivity index (χ3n) is 3.47. The molecule has 0 heterocycles. The Kier molecular flexibility index (Phi) is 4.88. The molecule has 0 aliphatic carbocycles. The number of hydrogen-bond acceptors (Lipinski definition) is 3. The molecule has 2 aromatic rings. The summed E-state index contributed by atoms with van der Waals surface area (Å²) in [4.78, 5) is 0. The zero-order chi connectivity index (χ0) is 15.2. The van der Waals surface area contributed by atoms with Crippen LogP contribution in [-0.4, -0.2) is 21.3 Å². The Morgan fingerprint density at radius 2 is 1.43 bits per heavy atom. The second-order valence-corrected chi connectivity index (χ2v) is 4.57.